The number of ether oxygens (including phenoxy) is 2. The van der Waals surface area contributed by atoms with E-state index in [2.05, 4.69) is 11.8 Å². The summed E-state index contributed by atoms with van der Waals surface area (Å²) >= 11 is 0. The molecule has 0 radical (unpaired) electrons. The smallest absolute Gasteiger partial charge is 0.332 e. The third kappa shape index (κ3) is 8.64. The Morgan fingerprint density at radius 2 is 2.00 bits per heavy atom. The summed E-state index contributed by atoms with van der Waals surface area (Å²) in [5, 5.41) is 8.82. The highest BCUT2D eigenvalue weighted by molar-refractivity contribution is 5.70. The number of rotatable bonds is 10. The average molecular weight is 233 g/mol. The summed E-state index contributed by atoms with van der Waals surface area (Å²) in [4.78, 5) is 13.0. The third-order valence-corrected chi connectivity index (χ3v) is 2.03. The van der Waals surface area contributed by atoms with Gasteiger partial charge in [-0.1, -0.05) is 6.92 Å². The zero-order chi connectivity index (χ0) is 12.2. The molecule has 5 nitrogen and oxygen atoms in total. The van der Waals surface area contributed by atoms with E-state index in [1.807, 2.05) is 0 Å². The van der Waals surface area contributed by atoms with E-state index in [1.54, 1.807) is 6.92 Å². The number of aliphatic hydroxyl groups excluding tert-OH is 1. The molecule has 0 aliphatic rings. The van der Waals surface area contributed by atoms with Crippen molar-refractivity contribution < 1.29 is 19.4 Å². The number of hydrogen-bond acceptors (Lipinski definition) is 5. The number of aliphatic hydroxyl groups is 1. The van der Waals surface area contributed by atoms with Crippen LogP contribution >= 0.6 is 0 Å². The molecule has 0 bridgehead atoms. The SMILES string of the molecule is CCCN(CCO)CCOCC(=O)OCC. The lowest BCUT2D eigenvalue weighted by Crippen LogP contribution is -2.31. The number of nitrogens with zero attached hydrogens (tertiary/aromatic N) is 1. The molecule has 0 amide bonds. The zero-order valence-electron chi connectivity index (χ0n) is 10.3. The fourth-order valence-corrected chi connectivity index (χ4v) is 1.34. The van der Waals surface area contributed by atoms with E-state index in [9.17, 15) is 4.79 Å². The van der Waals surface area contributed by atoms with E-state index in [-0.39, 0.29) is 19.2 Å². The highest BCUT2D eigenvalue weighted by Gasteiger charge is 2.04. The summed E-state index contributed by atoms with van der Waals surface area (Å²) in [6.07, 6.45) is 1.04. The van der Waals surface area contributed by atoms with Gasteiger partial charge in [0.25, 0.3) is 0 Å². The Morgan fingerprint density at radius 3 is 2.56 bits per heavy atom. The van der Waals surface area contributed by atoms with Gasteiger partial charge in [-0.15, -0.1) is 0 Å². The molecule has 16 heavy (non-hydrogen) atoms. The lowest BCUT2D eigenvalue weighted by Gasteiger charge is -2.19. The summed E-state index contributed by atoms with van der Waals surface area (Å²) in [5.74, 6) is -0.327. The van der Waals surface area contributed by atoms with Gasteiger partial charge in [0, 0.05) is 13.1 Å². The Kier molecular flexibility index (Phi) is 10.4. The minimum Gasteiger partial charge on any atom is -0.464 e. The molecule has 0 aliphatic heterocycles. The van der Waals surface area contributed by atoms with Crippen molar-refractivity contribution >= 4 is 5.97 Å². The van der Waals surface area contributed by atoms with Gasteiger partial charge in [0.2, 0.25) is 0 Å². The van der Waals surface area contributed by atoms with Gasteiger partial charge in [0.15, 0.2) is 0 Å². The van der Waals surface area contributed by atoms with Crippen LogP contribution in [-0.2, 0) is 14.3 Å². The minimum absolute atomic E-state index is 0.00687. The number of carbonyl (C=O) groups is 1. The molecule has 0 aromatic carbocycles. The van der Waals surface area contributed by atoms with Crippen LogP contribution in [0.5, 0.6) is 0 Å². The predicted octanol–water partition coefficient (Wildman–Crippen LogP) is 0.270. The summed E-state index contributed by atoms with van der Waals surface area (Å²) in [7, 11) is 0. The summed E-state index contributed by atoms with van der Waals surface area (Å²) in [6.45, 7) is 7.19. The first-order valence-corrected chi connectivity index (χ1v) is 5.81. The molecule has 0 rings (SSSR count). The van der Waals surface area contributed by atoms with E-state index < -0.39 is 0 Å². The zero-order valence-corrected chi connectivity index (χ0v) is 10.3. The van der Waals surface area contributed by atoms with Crippen molar-refractivity contribution in [1.82, 2.24) is 4.90 Å². The quantitative estimate of drug-likeness (QED) is 0.433. The van der Waals surface area contributed by atoms with E-state index in [0.29, 0.717) is 19.8 Å². The number of hydrogen-bond donors (Lipinski definition) is 1. The molecule has 0 spiro atoms. The molecule has 0 unspecified atom stereocenters. The van der Waals surface area contributed by atoms with Gasteiger partial charge in [-0.2, -0.15) is 0 Å². The molecule has 1 N–H and O–H groups in total. The van der Waals surface area contributed by atoms with Crippen LogP contribution in [0.25, 0.3) is 0 Å². The van der Waals surface area contributed by atoms with E-state index in [0.717, 1.165) is 19.5 Å². The molecule has 0 aliphatic carbocycles. The van der Waals surface area contributed by atoms with Crippen LogP contribution in [0, 0.1) is 0 Å². The number of esters is 1. The highest BCUT2D eigenvalue weighted by Crippen LogP contribution is 1.91. The van der Waals surface area contributed by atoms with E-state index >= 15 is 0 Å². The van der Waals surface area contributed by atoms with Gasteiger partial charge in [0.1, 0.15) is 6.61 Å². The fourth-order valence-electron chi connectivity index (χ4n) is 1.34. The minimum atomic E-state index is -0.327. The molecule has 0 atom stereocenters. The van der Waals surface area contributed by atoms with Gasteiger partial charge in [-0.25, -0.2) is 4.79 Å². The molecule has 0 fully saturated rings. The highest BCUT2D eigenvalue weighted by atomic mass is 16.6. The monoisotopic (exact) mass is 233 g/mol. The van der Waals surface area contributed by atoms with E-state index in [1.165, 1.54) is 0 Å². The molecule has 96 valence electrons. The molecule has 0 saturated carbocycles. The van der Waals surface area contributed by atoms with Crippen molar-refractivity contribution in [1.29, 1.82) is 0 Å². The van der Waals surface area contributed by atoms with Gasteiger partial charge in [-0.05, 0) is 19.9 Å². The number of carbonyl (C=O) groups excluding carboxylic acids is 1. The van der Waals surface area contributed by atoms with Gasteiger partial charge in [0.05, 0.1) is 19.8 Å². The van der Waals surface area contributed by atoms with Crippen molar-refractivity contribution in [2.45, 2.75) is 20.3 Å². The Balaban J connectivity index is 3.49. The lowest BCUT2D eigenvalue weighted by atomic mass is 10.4. The molecular formula is C11H23NO4. The van der Waals surface area contributed by atoms with Crippen molar-refractivity contribution in [2.24, 2.45) is 0 Å². The first-order valence-electron chi connectivity index (χ1n) is 5.81. The second-order valence-corrected chi connectivity index (χ2v) is 3.42. The van der Waals surface area contributed by atoms with Crippen LogP contribution < -0.4 is 0 Å². The summed E-state index contributed by atoms with van der Waals surface area (Å²) in [5.41, 5.74) is 0. The topological polar surface area (TPSA) is 59.0 Å². The molecule has 0 aromatic rings. The Hall–Kier alpha value is -0.650. The van der Waals surface area contributed by atoms with Crippen LogP contribution in [0.15, 0.2) is 0 Å². The maximum Gasteiger partial charge on any atom is 0.332 e. The van der Waals surface area contributed by atoms with Crippen molar-refractivity contribution in [3.05, 3.63) is 0 Å². The lowest BCUT2D eigenvalue weighted by molar-refractivity contribution is -0.148. The average Bonchev–Trinajstić information content (AvgIpc) is 2.25. The molecular weight excluding hydrogens is 210 g/mol. The first kappa shape index (κ1) is 15.3. The first-order chi connectivity index (χ1) is 7.74. The molecule has 0 aromatic heterocycles. The van der Waals surface area contributed by atoms with Crippen molar-refractivity contribution in [2.75, 3.05) is 46.1 Å². The normalized spacial score (nSPS) is 10.8. The maximum absolute atomic E-state index is 10.9. The van der Waals surface area contributed by atoms with Gasteiger partial charge in [-0.3, -0.25) is 4.90 Å². The van der Waals surface area contributed by atoms with E-state index in [4.69, 9.17) is 14.6 Å². The van der Waals surface area contributed by atoms with Crippen LogP contribution in [0.1, 0.15) is 20.3 Å². The Labute approximate surface area is 97.3 Å². The van der Waals surface area contributed by atoms with Gasteiger partial charge < -0.3 is 14.6 Å². The third-order valence-electron chi connectivity index (χ3n) is 2.03. The largest absolute Gasteiger partial charge is 0.464 e. The van der Waals surface area contributed by atoms with Crippen molar-refractivity contribution in [3.63, 3.8) is 0 Å². The molecule has 5 heteroatoms. The Bertz CT molecular complexity index is 169. The summed E-state index contributed by atoms with van der Waals surface area (Å²) in [6, 6.07) is 0. The van der Waals surface area contributed by atoms with Crippen molar-refractivity contribution in [3.8, 4) is 0 Å². The Morgan fingerprint density at radius 1 is 1.25 bits per heavy atom. The maximum atomic E-state index is 10.9. The second-order valence-electron chi connectivity index (χ2n) is 3.42. The van der Waals surface area contributed by atoms with Crippen LogP contribution in [0.3, 0.4) is 0 Å². The van der Waals surface area contributed by atoms with Crippen LogP contribution in [0.2, 0.25) is 0 Å². The fraction of sp³-hybridized carbons (Fsp3) is 0.909. The molecule has 0 heterocycles. The van der Waals surface area contributed by atoms with Crippen LogP contribution in [0.4, 0.5) is 0 Å². The van der Waals surface area contributed by atoms with Gasteiger partial charge >= 0.3 is 5.97 Å². The van der Waals surface area contributed by atoms with Crippen LogP contribution in [-0.4, -0.2) is 62.0 Å². The predicted molar refractivity (Wildman–Crippen MR) is 61.3 cm³/mol. The standard InChI is InChI=1S/C11H23NO4/c1-3-5-12(6-8-13)7-9-15-10-11(14)16-4-2/h13H,3-10H2,1-2H3. The summed E-state index contributed by atoms with van der Waals surface area (Å²) < 4.78 is 9.90. The molecule has 0 saturated heterocycles. The second kappa shape index (κ2) is 10.9.